The maximum absolute atomic E-state index is 11.7. The summed E-state index contributed by atoms with van der Waals surface area (Å²) in [6.45, 7) is 1.38. The zero-order valence-electron chi connectivity index (χ0n) is 15.3. The first-order valence-electron chi connectivity index (χ1n) is 8.26. The number of nitrogens with one attached hydrogen (secondary N) is 1. The fourth-order valence-electron chi connectivity index (χ4n) is 2.64. The van der Waals surface area contributed by atoms with Crippen LogP contribution in [0, 0.1) is 0 Å². The topological polar surface area (TPSA) is 163 Å². The number of amides is 1. The van der Waals surface area contributed by atoms with E-state index < -0.39 is 30.0 Å². The van der Waals surface area contributed by atoms with Gasteiger partial charge in [0.1, 0.15) is 4.90 Å². The molecule has 0 aromatic heterocycles. The van der Waals surface area contributed by atoms with E-state index in [1.54, 1.807) is 24.3 Å². The monoisotopic (exact) mass is 449 g/mol. The zero-order valence-corrected chi connectivity index (χ0v) is 17.0. The number of nitrogens with zero attached hydrogens (tertiary/aromatic N) is 2. The average molecular weight is 449 g/mol. The van der Waals surface area contributed by atoms with Crippen LogP contribution in [-0.4, -0.2) is 31.8 Å². The first-order chi connectivity index (χ1) is 13.9. The van der Waals surface area contributed by atoms with E-state index >= 15 is 0 Å². The van der Waals surface area contributed by atoms with Crippen LogP contribution in [0.1, 0.15) is 6.92 Å². The molecule has 0 aliphatic rings. The SMILES string of the molecule is CC(=O)Nc1ccc(N=Nc2ccc3cc(S(=O)(=O)O)cc(S(=O)(=O)O)c3c2)cc1. The van der Waals surface area contributed by atoms with Gasteiger partial charge < -0.3 is 5.32 Å². The van der Waals surface area contributed by atoms with Crippen LogP contribution in [0.3, 0.4) is 0 Å². The van der Waals surface area contributed by atoms with Crippen molar-refractivity contribution in [3.8, 4) is 0 Å². The Balaban J connectivity index is 2.02. The Kier molecular flexibility index (Phi) is 5.67. The van der Waals surface area contributed by atoms with Gasteiger partial charge in [0.25, 0.3) is 20.2 Å². The quantitative estimate of drug-likeness (QED) is 0.395. The maximum Gasteiger partial charge on any atom is 0.295 e. The summed E-state index contributed by atoms with van der Waals surface area (Å²) < 4.78 is 64.9. The third-order valence-electron chi connectivity index (χ3n) is 3.92. The minimum atomic E-state index is -4.79. The average Bonchev–Trinajstić information content (AvgIpc) is 2.64. The van der Waals surface area contributed by atoms with Crippen LogP contribution in [0.4, 0.5) is 17.1 Å². The predicted octanol–water partition coefficient (Wildman–Crippen LogP) is 3.71. The first-order valence-corrected chi connectivity index (χ1v) is 11.1. The van der Waals surface area contributed by atoms with Crippen molar-refractivity contribution < 1.29 is 30.7 Å². The summed E-state index contributed by atoms with van der Waals surface area (Å²) >= 11 is 0. The van der Waals surface area contributed by atoms with Crippen molar-refractivity contribution in [1.29, 1.82) is 0 Å². The van der Waals surface area contributed by atoms with Crippen molar-refractivity contribution in [3.63, 3.8) is 0 Å². The lowest BCUT2D eigenvalue weighted by Gasteiger charge is -2.07. The zero-order chi connectivity index (χ0) is 22.1. The second kappa shape index (κ2) is 7.91. The van der Waals surface area contributed by atoms with Crippen LogP contribution in [-0.2, 0) is 25.0 Å². The lowest BCUT2D eigenvalue weighted by Crippen LogP contribution is -2.04. The molecule has 156 valence electrons. The van der Waals surface area contributed by atoms with E-state index in [4.69, 9.17) is 0 Å². The predicted molar refractivity (Wildman–Crippen MR) is 108 cm³/mol. The fourth-order valence-corrected chi connectivity index (χ4v) is 3.99. The van der Waals surface area contributed by atoms with Crippen molar-refractivity contribution in [2.45, 2.75) is 16.7 Å². The van der Waals surface area contributed by atoms with Crippen molar-refractivity contribution in [2.75, 3.05) is 5.32 Å². The molecule has 0 bridgehead atoms. The lowest BCUT2D eigenvalue weighted by molar-refractivity contribution is -0.114. The summed E-state index contributed by atoms with van der Waals surface area (Å²) in [5, 5.41) is 10.8. The molecule has 3 aromatic carbocycles. The molecule has 0 saturated heterocycles. The molecule has 0 saturated carbocycles. The molecule has 12 heteroatoms. The first kappa shape index (κ1) is 21.5. The highest BCUT2D eigenvalue weighted by Gasteiger charge is 2.20. The highest BCUT2D eigenvalue weighted by molar-refractivity contribution is 7.86. The molecule has 0 aliphatic carbocycles. The normalized spacial score (nSPS) is 12.4. The van der Waals surface area contributed by atoms with E-state index in [9.17, 15) is 30.7 Å². The molecule has 3 N–H and O–H groups in total. The van der Waals surface area contributed by atoms with Gasteiger partial charge in [0.2, 0.25) is 5.91 Å². The van der Waals surface area contributed by atoms with Crippen LogP contribution in [0.15, 0.2) is 74.6 Å². The Bertz CT molecular complexity index is 1380. The number of benzene rings is 3. The summed E-state index contributed by atoms with van der Waals surface area (Å²) in [6.07, 6.45) is 0. The van der Waals surface area contributed by atoms with Gasteiger partial charge in [-0.1, -0.05) is 6.07 Å². The fraction of sp³-hybridized carbons (Fsp3) is 0.0556. The second-order valence-corrected chi connectivity index (χ2v) is 9.02. The van der Waals surface area contributed by atoms with Gasteiger partial charge in [-0.15, -0.1) is 0 Å². The largest absolute Gasteiger partial charge is 0.326 e. The lowest BCUT2D eigenvalue weighted by atomic mass is 10.1. The van der Waals surface area contributed by atoms with Crippen LogP contribution in [0.5, 0.6) is 0 Å². The van der Waals surface area contributed by atoms with Gasteiger partial charge in [0.05, 0.1) is 16.3 Å². The van der Waals surface area contributed by atoms with Gasteiger partial charge in [-0.05, 0) is 53.9 Å². The van der Waals surface area contributed by atoms with Crippen LogP contribution in [0.2, 0.25) is 0 Å². The molecular formula is C18H15N3O7S2. The molecule has 3 rings (SSSR count). The Hall–Kier alpha value is -3.19. The summed E-state index contributed by atoms with van der Waals surface area (Å²) in [5.74, 6) is -0.215. The maximum atomic E-state index is 11.7. The summed E-state index contributed by atoms with van der Waals surface area (Å²) in [7, 11) is -9.48. The van der Waals surface area contributed by atoms with E-state index in [1.807, 2.05) is 0 Å². The van der Waals surface area contributed by atoms with Gasteiger partial charge >= 0.3 is 0 Å². The van der Waals surface area contributed by atoms with E-state index in [0.717, 1.165) is 6.07 Å². The summed E-state index contributed by atoms with van der Waals surface area (Å²) in [5.41, 5.74) is 1.28. The van der Waals surface area contributed by atoms with E-state index in [2.05, 4.69) is 15.5 Å². The molecule has 0 aliphatic heterocycles. The minimum absolute atomic E-state index is 0.00218. The van der Waals surface area contributed by atoms with Crippen LogP contribution >= 0.6 is 0 Å². The van der Waals surface area contributed by atoms with Gasteiger partial charge in [-0.25, -0.2) is 0 Å². The van der Waals surface area contributed by atoms with Gasteiger partial charge in [-0.2, -0.15) is 27.1 Å². The molecular weight excluding hydrogens is 434 g/mol. The Morgan fingerprint density at radius 1 is 0.833 bits per heavy atom. The number of hydrogen-bond acceptors (Lipinski definition) is 7. The molecule has 10 nitrogen and oxygen atoms in total. The van der Waals surface area contributed by atoms with Crippen molar-refractivity contribution in [3.05, 3.63) is 54.6 Å². The molecule has 0 fully saturated rings. The number of carbonyl (C=O) groups excluding carboxylic acids is 1. The smallest absolute Gasteiger partial charge is 0.295 e. The molecule has 0 spiro atoms. The van der Waals surface area contributed by atoms with E-state index in [-0.39, 0.29) is 22.4 Å². The Morgan fingerprint density at radius 3 is 2.00 bits per heavy atom. The molecule has 1 amide bonds. The van der Waals surface area contributed by atoms with Crippen molar-refractivity contribution in [1.82, 2.24) is 0 Å². The van der Waals surface area contributed by atoms with Crippen LogP contribution < -0.4 is 5.32 Å². The van der Waals surface area contributed by atoms with E-state index in [0.29, 0.717) is 17.4 Å². The third-order valence-corrected chi connectivity index (χ3v) is 5.64. The number of rotatable bonds is 5. The molecule has 0 unspecified atom stereocenters. The number of anilines is 1. The highest BCUT2D eigenvalue weighted by Crippen LogP contribution is 2.31. The second-order valence-electron chi connectivity index (χ2n) is 6.21. The molecule has 0 radical (unpaired) electrons. The number of azo groups is 1. The number of carbonyl (C=O) groups is 1. The summed E-state index contributed by atoms with van der Waals surface area (Å²) in [6, 6.07) is 12.4. The molecule has 0 atom stereocenters. The third kappa shape index (κ3) is 5.04. The minimum Gasteiger partial charge on any atom is -0.326 e. The van der Waals surface area contributed by atoms with Gasteiger partial charge in [-0.3, -0.25) is 13.9 Å². The Morgan fingerprint density at radius 2 is 1.43 bits per heavy atom. The molecule has 0 heterocycles. The summed E-state index contributed by atoms with van der Waals surface area (Å²) in [4.78, 5) is 9.67. The van der Waals surface area contributed by atoms with Crippen LogP contribution in [0.25, 0.3) is 10.8 Å². The van der Waals surface area contributed by atoms with E-state index in [1.165, 1.54) is 25.1 Å². The Labute approximate surface area is 171 Å². The number of fused-ring (bicyclic) bond motifs is 1. The standard InChI is InChI=1S/C18H15N3O7S2/c1-11(22)19-13-4-6-14(7-5-13)20-21-15-3-2-12-8-16(29(23,24)25)10-18(17(12)9-15)30(26,27)28/h2-10H,1H3,(H,19,22)(H,23,24,25)(H,26,27,28). The van der Waals surface area contributed by atoms with Crippen molar-refractivity contribution >= 4 is 54.0 Å². The molecule has 3 aromatic rings. The number of hydrogen-bond donors (Lipinski definition) is 3. The van der Waals surface area contributed by atoms with Gasteiger partial charge in [0.15, 0.2) is 0 Å². The molecule has 30 heavy (non-hydrogen) atoms. The highest BCUT2D eigenvalue weighted by atomic mass is 32.2. The van der Waals surface area contributed by atoms with Crippen molar-refractivity contribution in [2.24, 2.45) is 10.2 Å². The van der Waals surface area contributed by atoms with Gasteiger partial charge in [0, 0.05) is 18.0 Å².